The van der Waals surface area contributed by atoms with Crippen molar-refractivity contribution < 1.29 is 13.2 Å². The Hall–Kier alpha value is -0.420. The van der Waals surface area contributed by atoms with E-state index in [9.17, 15) is 13.2 Å². The average molecular weight is 379 g/mol. The minimum atomic E-state index is -4.24. The molecule has 21 heavy (non-hydrogen) atoms. The molecule has 0 bridgehead atoms. The lowest BCUT2D eigenvalue weighted by Crippen LogP contribution is -2.20. The maximum absolute atomic E-state index is 13.9. The van der Waals surface area contributed by atoms with Crippen LogP contribution in [0.2, 0.25) is 0 Å². The maximum atomic E-state index is 13.9. The Labute approximate surface area is 132 Å². The zero-order chi connectivity index (χ0) is 15.3. The quantitative estimate of drug-likeness (QED) is 0.497. The van der Waals surface area contributed by atoms with Crippen LogP contribution in [0.15, 0.2) is 28.0 Å². The molecule has 0 amide bonds. The van der Waals surface area contributed by atoms with Crippen LogP contribution in [0.5, 0.6) is 0 Å². The Morgan fingerprint density at radius 2 is 1.81 bits per heavy atom. The highest BCUT2D eigenvalue weighted by atomic mass is 79.9. The predicted octanol–water partition coefficient (Wildman–Crippen LogP) is 6.92. The number of hydrogen-bond acceptors (Lipinski definition) is 0. The molecular formula is C16H18BrF3S. The monoisotopic (exact) mass is 378 g/mol. The van der Waals surface area contributed by atoms with Gasteiger partial charge >= 0.3 is 5.51 Å². The van der Waals surface area contributed by atoms with Crippen molar-refractivity contribution in [2.75, 3.05) is 0 Å². The summed E-state index contributed by atoms with van der Waals surface area (Å²) in [6, 6.07) is 5.43. The smallest absolute Gasteiger partial charge is 0.160 e. The lowest BCUT2D eigenvalue weighted by Gasteiger charge is -2.39. The first-order chi connectivity index (χ1) is 9.84. The zero-order valence-electron chi connectivity index (χ0n) is 11.8. The van der Waals surface area contributed by atoms with Crippen molar-refractivity contribution >= 4 is 29.4 Å². The fourth-order valence-corrected chi connectivity index (χ4v) is 7.83. The van der Waals surface area contributed by atoms with E-state index in [2.05, 4.69) is 14.8 Å². The van der Waals surface area contributed by atoms with Gasteiger partial charge in [-0.15, -0.1) is 0 Å². The molecule has 1 atom stereocenters. The van der Waals surface area contributed by atoms with Crippen LogP contribution in [-0.2, 0) is 0 Å². The number of aryl methyl sites for hydroxylation is 1. The molecule has 1 fully saturated rings. The van der Waals surface area contributed by atoms with Gasteiger partial charge in [0.1, 0.15) is 0 Å². The van der Waals surface area contributed by atoms with Gasteiger partial charge in [-0.05, 0) is 77.1 Å². The number of hydrogen-bond donors (Lipinski definition) is 0. The molecule has 0 radical (unpaired) electrons. The SMILES string of the molecule is Cc1ccc2c(c1)S(Br)(C(F)(F)F)C(C1CCCCC1)=C2. The van der Waals surface area contributed by atoms with Gasteiger partial charge in [-0.25, -0.2) is 0 Å². The van der Waals surface area contributed by atoms with Crippen molar-refractivity contribution in [1.82, 2.24) is 0 Å². The van der Waals surface area contributed by atoms with Gasteiger partial charge in [-0.1, -0.05) is 31.4 Å². The van der Waals surface area contributed by atoms with E-state index in [4.69, 9.17) is 0 Å². The number of halogens is 4. The van der Waals surface area contributed by atoms with E-state index in [1.165, 1.54) is 0 Å². The van der Waals surface area contributed by atoms with Gasteiger partial charge in [0, 0.05) is 4.90 Å². The van der Waals surface area contributed by atoms with Crippen molar-refractivity contribution in [3.05, 3.63) is 34.2 Å². The summed E-state index contributed by atoms with van der Waals surface area (Å²) in [4.78, 5) is 1.03. The van der Waals surface area contributed by atoms with Crippen LogP contribution < -0.4 is 0 Å². The van der Waals surface area contributed by atoms with Gasteiger partial charge in [0.15, 0.2) is 0 Å². The summed E-state index contributed by atoms with van der Waals surface area (Å²) >= 11 is 3.19. The molecule has 0 spiro atoms. The average Bonchev–Trinajstić information content (AvgIpc) is 2.74. The van der Waals surface area contributed by atoms with E-state index < -0.39 is 14.0 Å². The summed E-state index contributed by atoms with van der Waals surface area (Å²) in [6.45, 7) is 1.85. The van der Waals surface area contributed by atoms with Crippen LogP contribution in [-0.4, -0.2) is 5.51 Å². The Morgan fingerprint density at radius 1 is 1.14 bits per heavy atom. The molecular weight excluding hydrogens is 361 g/mol. The zero-order valence-corrected chi connectivity index (χ0v) is 14.2. The first-order valence-electron chi connectivity index (χ1n) is 7.25. The number of fused-ring (bicyclic) bond motifs is 1. The summed E-state index contributed by atoms with van der Waals surface area (Å²) in [7, 11) is -3.07. The number of benzene rings is 1. The lowest BCUT2D eigenvalue weighted by molar-refractivity contribution is -0.0357. The molecule has 0 saturated heterocycles. The second kappa shape index (κ2) is 5.34. The normalized spacial score (nSPS) is 29.7. The van der Waals surface area contributed by atoms with Gasteiger partial charge in [0.05, 0.1) is 0 Å². The van der Waals surface area contributed by atoms with Crippen LogP contribution >= 0.6 is 23.3 Å². The molecule has 1 aliphatic heterocycles. The third-order valence-corrected chi connectivity index (χ3v) is 10.4. The highest BCUT2D eigenvalue weighted by Gasteiger charge is 2.56. The Balaban J connectivity index is 2.11. The fraction of sp³-hybridized carbons (Fsp3) is 0.500. The Kier molecular flexibility index (Phi) is 3.93. The molecule has 116 valence electrons. The van der Waals surface area contributed by atoms with Gasteiger partial charge in [-0.3, -0.25) is 0 Å². The largest absolute Gasteiger partial charge is 0.442 e. The van der Waals surface area contributed by atoms with Crippen LogP contribution in [0, 0.1) is 12.8 Å². The predicted molar refractivity (Wildman–Crippen MR) is 86.6 cm³/mol. The van der Waals surface area contributed by atoms with E-state index in [0.29, 0.717) is 9.80 Å². The van der Waals surface area contributed by atoms with Crippen LogP contribution in [0.1, 0.15) is 43.2 Å². The highest BCUT2D eigenvalue weighted by molar-refractivity contribution is 9.59. The Bertz CT molecular complexity index is 588. The summed E-state index contributed by atoms with van der Waals surface area (Å²) < 4.78 is 41.7. The molecule has 1 heterocycles. The van der Waals surface area contributed by atoms with Crippen LogP contribution in [0.4, 0.5) is 13.2 Å². The standard InChI is InChI=1S/C16H18BrF3S/c1-11-7-8-13-10-15(12-5-3-2-4-6-12)21(17,14(13)9-11)16(18,19)20/h7-10,12H,2-6H2,1H3. The highest BCUT2D eigenvalue weighted by Crippen LogP contribution is 2.82. The van der Waals surface area contributed by atoms with E-state index in [0.717, 1.165) is 43.2 Å². The van der Waals surface area contributed by atoms with E-state index >= 15 is 0 Å². The molecule has 2 aliphatic rings. The minimum Gasteiger partial charge on any atom is -0.160 e. The lowest BCUT2D eigenvalue weighted by atomic mass is 9.88. The molecule has 1 aromatic carbocycles. The van der Waals surface area contributed by atoms with Crippen molar-refractivity contribution in [1.29, 1.82) is 0 Å². The second-order valence-corrected chi connectivity index (χ2v) is 11.3. The van der Waals surface area contributed by atoms with Crippen LogP contribution in [0.25, 0.3) is 6.08 Å². The number of alkyl halides is 3. The molecule has 0 nitrogen and oxygen atoms in total. The molecule has 1 unspecified atom stereocenters. The molecule has 0 N–H and O–H groups in total. The summed E-state index contributed by atoms with van der Waals surface area (Å²) in [5, 5.41) is 0. The summed E-state index contributed by atoms with van der Waals surface area (Å²) in [5.41, 5.74) is -2.62. The minimum absolute atomic E-state index is 0.0717. The third kappa shape index (κ3) is 2.46. The van der Waals surface area contributed by atoms with E-state index in [1.54, 1.807) is 6.07 Å². The fourth-order valence-electron chi connectivity index (χ4n) is 3.36. The molecule has 3 rings (SSSR count). The number of rotatable bonds is 1. The second-order valence-electron chi connectivity index (χ2n) is 5.91. The molecule has 0 aromatic heterocycles. The molecule has 1 aromatic rings. The Morgan fingerprint density at radius 3 is 2.43 bits per heavy atom. The summed E-state index contributed by atoms with van der Waals surface area (Å²) in [6.07, 6.45) is 6.80. The van der Waals surface area contributed by atoms with Gasteiger partial charge < -0.3 is 0 Å². The van der Waals surface area contributed by atoms with Crippen molar-refractivity contribution in [2.24, 2.45) is 5.92 Å². The van der Waals surface area contributed by atoms with E-state index in [-0.39, 0.29) is 5.92 Å². The summed E-state index contributed by atoms with van der Waals surface area (Å²) in [5.74, 6) is 0.0717. The first kappa shape index (κ1) is 15.5. The molecule has 1 aliphatic carbocycles. The van der Waals surface area contributed by atoms with Crippen LogP contribution in [0.3, 0.4) is 0 Å². The van der Waals surface area contributed by atoms with Crippen molar-refractivity contribution in [3.8, 4) is 0 Å². The van der Waals surface area contributed by atoms with Gasteiger partial charge in [-0.2, -0.15) is 13.2 Å². The van der Waals surface area contributed by atoms with E-state index in [1.807, 2.05) is 25.1 Å². The molecule has 1 saturated carbocycles. The van der Waals surface area contributed by atoms with Gasteiger partial charge in [0.25, 0.3) is 0 Å². The maximum Gasteiger partial charge on any atom is 0.442 e. The molecule has 5 heteroatoms. The first-order valence-corrected chi connectivity index (χ1v) is 10.7. The van der Waals surface area contributed by atoms with Gasteiger partial charge in [0.2, 0.25) is 0 Å². The number of allylic oxidation sites excluding steroid dienone is 1. The van der Waals surface area contributed by atoms with Crippen molar-refractivity contribution in [3.63, 3.8) is 0 Å². The van der Waals surface area contributed by atoms with Crippen molar-refractivity contribution in [2.45, 2.75) is 49.4 Å². The topological polar surface area (TPSA) is 0 Å². The third-order valence-electron chi connectivity index (χ3n) is 4.42.